The molecule has 1 aliphatic rings. The molecule has 4 rings (SSSR count). The zero-order valence-electron chi connectivity index (χ0n) is 15.9. The number of carbonyl (C=O) groups is 2. The van der Waals surface area contributed by atoms with Gasteiger partial charge >= 0.3 is 0 Å². The smallest absolute Gasteiger partial charge is 0.266 e. The molecule has 3 aromatic carbocycles. The van der Waals surface area contributed by atoms with E-state index in [4.69, 9.17) is 4.55 Å². The molecular formula is C23H15F2NO4S. The molecular weight excluding hydrogens is 424 g/mol. The van der Waals surface area contributed by atoms with Gasteiger partial charge in [-0.1, -0.05) is 42.5 Å². The van der Waals surface area contributed by atoms with E-state index in [-0.39, 0.29) is 33.7 Å². The molecule has 1 N–H and O–H groups in total. The molecule has 1 atom stereocenters. The second-order valence-corrected chi connectivity index (χ2v) is 7.75. The van der Waals surface area contributed by atoms with E-state index in [0.29, 0.717) is 5.56 Å². The first-order valence-corrected chi connectivity index (χ1v) is 10.4. The number of hydrogen-bond acceptors (Lipinski definition) is 3. The Morgan fingerprint density at radius 1 is 0.839 bits per heavy atom. The third-order valence-electron chi connectivity index (χ3n) is 4.82. The van der Waals surface area contributed by atoms with Gasteiger partial charge in [0.25, 0.3) is 11.8 Å². The first kappa shape index (κ1) is 20.8. The van der Waals surface area contributed by atoms with E-state index in [0.717, 1.165) is 23.1 Å². The van der Waals surface area contributed by atoms with Crippen LogP contribution in [0, 0.1) is 11.6 Å². The van der Waals surface area contributed by atoms with Crippen LogP contribution in [0.4, 0.5) is 14.5 Å². The third kappa shape index (κ3) is 3.95. The lowest BCUT2D eigenvalue weighted by molar-refractivity contribution is -0.119. The van der Waals surface area contributed by atoms with E-state index in [2.05, 4.69) is 0 Å². The van der Waals surface area contributed by atoms with Gasteiger partial charge in [-0.25, -0.2) is 17.9 Å². The minimum absolute atomic E-state index is 0.0207. The van der Waals surface area contributed by atoms with Crippen LogP contribution >= 0.6 is 0 Å². The maximum absolute atomic E-state index is 15.0. The predicted molar refractivity (Wildman–Crippen MR) is 113 cm³/mol. The highest BCUT2D eigenvalue weighted by molar-refractivity contribution is 7.78. The van der Waals surface area contributed by atoms with Crippen molar-refractivity contribution in [2.45, 2.75) is 5.75 Å². The SMILES string of the molecule is O=C1C(c2ccccc2)=C(c2ccc(CS(=O)O)cc2F)C(=O)N1c1ccc(F)cc1. The molecule has 0 saturated heterocycles. The largest absolute Gasteiger partial charge is 0.306 e. The Kier molecular flexibility index (Phi) is 5.58. The number of rotatable bonds is 5. The Hall–Kier alpha value is -3.49. The van der Waals surface area contributed by atoms with E-state index >= 15 is 0 Å². The molecule has 2 amide bonds. The topological polar surface area (TPSA) is 74.7 Å². The number of anilines is 1. The van der Waals surface area contributed by atoms with Crippen molar-refractivity contribution in [2.75, 3.05) is 4.90 Å². The number of benzene rings is 3. The highest BCUT2D eigenvalue weighted by Crippen LogP contribution is 2.39. The Labute approximate surface area is 178 Å². The summed E-state index contributed by atoms with van der Waals surface area (Å²) < 4.78 is 48.4. The molecule has 0 saturated carbocycles. The van der Waals surface area contributed by atoms with E-state index in [9.17, 15) is 22.6 Å². The minimum Gasteiger partial charge on any atom is -0.306 e. The maximum atomic E-state index is 15.0. The van der Waals surface area contributed by atoms with Crippen LogP contribution in [0.25, 0.3) is 11.1 Å². The molecule has 1 aliphatic heterocycles. The Morgan fingerprint density at radius 2 is 1.48 bits per heavy atom. The summed E-state index contributed by atoms with van der Waals surface area (Å²) in [7, 11) is 0. The number of hydrogen-bond donors (Lipinski definition) is 1. The Balaban J connectivity index is 1.88. The van der Waals surface area contributed by atoms with Crippen LogP contribution in [0.3, 0.4) is 0 Å². The predicted octanol–water partition coefficient (Wildman–Crippen LogP) is 4.17. The fourth-order valence-corrected chi connectivity index (χ4v) is 3.94. The fourth-order valence-electron chi connectivity index (χ4n) is 3.47. The van der Waals surface area contributed by atoms with Crippen molar-refractivity contribution in [3.8, 4) is 0 Å². The van der Waals surface area contributed by atoms with E-state index in [1.54, 1.807) is 30.3 Å². The van der Waals surface area contributed by atoms with Crippen LogP contribution in [0.5, 0.6) is 0 Å². The van der Waals surface area contributed by atoms with Gasteiger partial charge < -0.3 is 4.55 Å². The number of carbonyl (C=O) groups excluding carboxylic acids is 2. The van der Waals surface area contributed by atoms with Crippen molar-refractivity contribution in [2.24, 2.45) is 0 Å². The Morgan fingerprint density at radius 3 is 2.10 bits per heavy atom. The summed E-state index contributed by atoms with van der Waals surface area (Å²) in [4.78, 5) is 27.4. The van der Waals surface area contributed by atoms with E-state index < -0.39 is 34.5 Å². The molecule has 3 aromatic rings. The van der Waals surface area contributed by atoms with Gasteiger partial charge in [0.2, 0.25) is 0 Å². The highest BCUT2D eigenvalue weighted by Gasteiger charge is 2.41. The minimum atomic E-state index is -2.15. The van der Waals surface area contributed by atoms with Crippen molar-refractivity contribution < 1.29 is 27.1 Å². The highest BCUT2D eigenvalue weighted by atomic mass is 32.2. The van der Waals surface area contributed by atoms with Gasteiger partial charge in [-0.2, -0.15) is 0 Å². The van der Waals surface area contributed by atoms with Gasteiger partial charge in [0.05, 0.1) is 22.6 Å². The molecule has 31 heavy (non-hydrogen) atoms. The van der Waals surface area contributed by atoms with Gasteiger partial charge in [-0.15, -0.1) is 0 Å². The van der Waals surface area contributed by atoms with Gasteiger partial charge in [-0.05, 0) is 41.5 Å². The summed E-state index contributed by atoms with van der Waals surface area (Å²) >= 11 is -2.15. The van der Waals surface area contributed by atoms with E-state index in [1.807, 2.05) is 0 Å². The zero-order valence-corrected chi connectivity index (χ0v) is 16.7. The van der Waals surface area contributed by atoms with Gasteiger partial charge in [0, 0.05) is 5.56 Å². The van der Waals surface area contributed by atoms with Crippen LogP contribution in [0.1, 0.15) is 16.7 Å². The molecule has 0 aromatic heterocycles. The number of halogens is 2. The van der Waals surface area contributed by atoms with Gasteiger partial charge in [0.15, 0.2) is 11.1 Å². The lowest BCUT2D eigenvalue weighted by atomic mass is 9.95. The summed E-state index contributed by atoms with van der Waals surface area (Å²) in [6.45, 7) is 0. The fraction of sp³-hybridized carbons (Fsp3) is 0.0435. The average molecular weight is 439 g/mol. The molecule has 0 spiro atoms. The summed E-state index contributed by atoms with van der Waals surface area (Å²) in [6, 6.07) is 17.1. The van der Waals surface area contributed by atoms with Crippen LogP contribution < -0.4 is 4.90 Å². The molecule has 1 heterocycles. The van der Waals surface area contributed by atoms with Crippen molar-refractivity contribution in [1.82, 2.24) is 0 Å². The lowest BCUT2D eigenvalue weighted by Gasteiger charge is -2.15. The van der Waals surface area contributed by atoms with Crippen LogP contribution in [-0.2, 0) is 26.4 Å². The first-order valence-electron chi connectivity index (χ1n) is 9.17. The normalized spacial score (nSPS) is 15.0. The van der Waals surface area contributed by atoms with Crippen LogP contribution in [0.15, 0.2) is 72.8 Å². The van der Waals surface area contributed by atoms with Crippen LogP contribution in [0.2, 0.25) is 0 Å². The average Bonchev–Trinajstić information content (AvgIpc) is 2.99. The van der Waals surface area contributed by atoms with Gasteiger partial charge in [0.1, 0.15) is 11.6 Å². The molecule has 1 unspecified atom stereocenters. The molecule has 0 radical (unpaired) electrons. The quantitative estimate of drug-likeness (QED) is 0.478. The maximum Gasteiger partial charge on any atom is 0.266 e. The second-order valence-electron chi connectivity index (χ2n) is 6.82. The number of nitrogens with zero attached hydrogens (tertiary/aromatic N) is 1. The van der Waals surface area contributed by atoms with E-state index in [1.165, 1.54) is 24.3 Å². The molecule has 0 aliphatic carbocycles. The first-order chi connectivity index (χ1) is 14.9. The van der Waals surface area contributed by atoms with Crippen molar-refractivity contribution >= 4 is 39.7 Å². The summed E-state index contributed by atoms with van der Waals surface area (Å²) in [5.74, 6) is -2.99. The zero-order chi connectivity index (χ0) is 22.1. The van der Waals surface area contributed by atoms with Crippen molar-refractivity contribution in [3.05, 3.63) is 101 Å². The standard InChI is InChI=1S/C23H15F2NO4S/c24-16-7-9-17(10-8-16)26-22(27)20(15-4-2-1-3-5-15)21(23(26)28)18-11-6-14(12-19(18)25)13-31(29)30/h1-12H,13H2,(H,29,30). The third-order valence-corrected chi connectivity index (χ3v) is 5.40. The molecule has 5 nitrogen and oxygen atoms in total. The van der Waals surface area contributed by atoms with Crippen LogP contribution in [-0.4, -0.2) is 20.6 Å². The summed E-state index contributed by atoms with van der Waals surface area (Å²) in [6.07, 6.45) is 0. The molecule has 156 valence electrons. The second kappa shape index (κ2) is 8.33. The molecule has 0 fully saturated rings. The lowest BCUT2D eigenvalue weighted by Crippen LogP contribution is -2.31. The Bertz CT molecular complexity index is 1240. The number of amides is 2. The summed E-state index contributed by atoms with van der Waals surface area (Å²) in [5, 5.41) is 0. The molecule has 8 heteroatoms. The van der Waals surface area contributed by atoms with Crippen molar-refractivity contribution in [1.29, 1.82) is 0 Å². The monoisotopic (exact) mass is 439 g/mol. The summed E-state index contributed by atoms with van der Waals surface area (Å²) in [5.41, 5.74) is 0.653. The molecule has 0 bridgehead atoms. The number of imide groups is 1. The van der Waals surface area contributed by atoms with Gasteiger partial charge in [-0.3, -0.25) is 9.59 Å². The van der Waals surface area contributed by atoms with Crippen molar-refractivity contribution in [3.63, 3.8) is 0 Å².